The monoisotopic (exact) mass is 461 g/mol. The second kappa shape index (κ2) is 7.26. The fourth-order valence-electron chi connectivity index (χ4n) is 2.88. The van der Waals surface area contributed by atoms with Gasteiger partial charge in [-0.05, 0) is 41.3 Å². The van der Waals surface area contributed by atoms with Crippen LogP contribution in [-0.2, 0) is 9.59 Å². The van der Waals surface area contributed by atoms with Crippen LogP contribution in [0.3, 0.4) is 0 Å². The summed E-state index contributed by atoms with van der Waals surface area (Å²) in [5.74, 6) is -0.235. The SMILES string of the molecule is CC(C)CN1C(=O)C(c2ccc(Br)cc2)=C(c2ccc(Br)cc2)C1=O. The maximum Gasteiger partial charge on any atom is 0.262 e. The number of amides is 2. The highest BCUT2D eigenvalue weighted by Gasteiger charge is 2.39. The number of hydrogen-bond donors (Lipinski definition) is 0. The van der Waals surface area contributed by atoms with Crippen LogP contribution in [0.15, 0.2) is 57.5 Å². The zero-order valence-corrected chi connectivity index (χ0v) is 17.1. The lowest BCUT2D eigenvalue weighted by Crippen LogP contribution is -2.34. The molecule has 0 bridgehead atoms. The summed E-state index contributed by atoms with van der Waals surface area (Å²) in [7, 11) is 0. The summed E-state index contributed by atoms with van der Waals surface area (Å²) < 4.78 is 1.86. The summed E-state index contributed by atoms with van der Waals surface area (Å²) in [6, 6.07) is 15.0. The lowest BCUT2D eigenvalue weighted by molar-refractivity contribution is -0.136. The van der Waals surface area contributed by atoms with Crippen molar-refractivity contribution in [3.63, 3.8) is 0 Å². The van der Waals surface area contributed by atoms with E-state index >= 15 is 0 Å². The van der Waals surface area contributed by atoms with Gasteiger partial charge in [-0.15, -0.1) is 0 Å². The summed E-state index contributed by atoms with van der Waals surface area (Å²) in [5, 5.41) is 0. The molecule has 25 heavy (non-hydrogen) atoms. The summed E-state index contributed by atoms with van der Waals surface area (Å²) >= 11 is 6.82. The van der Waals surface area contributed by atoms with Gasteiger partial charge in [0.05, 0.1) is 11.1 Å². The van der Waals surface area contributed by atoms with Gasteiger partial charge in [-0.3, -0.25) is 14.5 Å². The molecule has 0 aliphatic carbocycles. The van der Waals surface area contributed by atoms with Gasteiger partial charge in [-0.2, -0.15) is 0 Å². The van der Waals surface area contributed by atoms with Crippen LogP contribution >= 0.6 is 31.9 Å². The van der Waals surface area contributed by atoms with Crippen molar-refractivity contribution in [1.29, 1.82) is 0 Å². The smallest absolute Gasteiger partial charge is 0.262 e. The first-order valence-corrected chi connectivity index (χ1v) is 9.59. The Balaban J connectivity index is 2.17. The van der Waals surface area contributed by atoms with E-state index in [1.807, 2.05) is 62.4 Å². The van der Waals surface area contributed by atoms with Gasteiger partial charge < -0.3 is 0 Å². The molecule has 0 radical (unpaired) electrons. The standard InChI is InChI=1S/C20H17Br2NO2/c1-12(2)11-23-19(24)17(13-3-7-15(21)8-4-13)18(20(23)25)14-5-9-16(22)10-6-14/h3-10,12H,11H2,1-2H3. The minimum atomic E-state index is -0.223. The van der Waals surface area contributed by atoms with Crippen LogP contribution in [0, 0.1) is 5.92 Å². The molecule has 0 unspecified atom stereocenters. The molecule has 1 aliphatic rings. The Labute approximate surface area is 164 Å². The Hall–Kier alpha value is -1.72. The molecule has 0 aromatic heterocycles. The topological polar surface area (TPSA) is 37.4 Å². The zero-order valence-electron chi connectivity index (χ0n) is 13.9. The first kappa shape index (κ1) is 18.1. The van der Waals surface area contributed by atoms with Gasteiger partial charge in [0.2, 0.25) is 0 Å². The normalized spacial score (nSPS) is 14.8. The first-order chi connectivity index (χ1) is 11.9. The van der Waals surface area contributed by atoms with E-state index in [1.54, 1.807) is 0 Å². The molecule has 0 N–H and O–H groups in total. The first-order valence-electron chi connectivity index (χ1n) is 8.01. The number of carbonyl (C=O) groups is 2. The molecular formula is C20H17Br2NO2. The molecule has 2 aromatic carbocycles. The Bertz CT molecular complexity index is 785. The van der Waals surface area contributed by atoms with Gasteiger partial charge in [0.1, 0.15) is 0 Å². The third-order valence-corrected chi connectivity index (χ3v) is 5.04. The van der Waals surface area contributed by atoms with E-state index in [0.717, 1.165) is 20.1 Å². The maximum absolute atomic E-state index is 13.0. The van der Waals surface area contributed by atoms with Crippen LogP contribution < -0.4 is 0 Å². The third kappa shape index (κ3) is 3.62. The van der Waals surface area contributed by atoms with Crippen LogP contribution in [0.25, 0.3) is 11.1 Å². The summed E-state index contributed by atoms with van der Waals surface area (Å²) in [5.41, 5.74) is 2.46. The second-order valence-electron chi connectivity index (χ2n) is 6.38. The Morgan fingerprint density at radius 1 is 0.760 bits per heavy atom. The van der Waals surface area contributed by atoms with E-state index in [-0.39, 0.29) is 17.7 Å². The number of rotatable bonds is 4. The minimum Gasteiger partial charge on any atom is -0.274 e. The molecule has 5 heteroatoms. The molecule has 2 amide bonds. The lowest BCUT2D eigenvalue weighted by Gasteiger charge is -2.17. The van der Waals surface area contributed by atoms with Crippen molar-refractivity contribution < 1.29 is 9.59 Å². The minimum absolute atomic E-state index is 0.211. The average Bonchev–Trinajstić information content (AvgIpc) is 2.81. The van der Waals surface area contributed by atoms with E-state index in [2.05, 4.69) is 31.9 Å². The van der Waals surface area contributed by atoms with Crippen molar-refractivity contribution in [3.8, 4) is 0 Å². The highest BCUT2D eigenvalue weighted by molar-refractivity contribution is 9.10. The fraction of sp³-hybridized carbons (Fsp3) is 0.200. The van der Waals surface area contributed by atoms with Crippen molar-refractivity contribution in [2.24, 2.45) is 5.92 Å². The van der Waals surface area contributed by atoms with Crippen molar-refractivity contribution in [2.75, 3.05) is 6.54 Å². The van der Waals surface area contributed by atoms with Crippen LogP contribution in [0.5, 0.6) is 0 Å². The Morgan fingerprint density at radius 3 is 1.44 bits per heavy atom. The van der Waals surface area contributed by atoms with E-state index in [4.69, 9.17) is 0 Å². The molecular weight excluding hydrogens is 446 g/mol. The molecule has 0 fully saturated rings. The molecule has 1 heterocycles. The molecule has 0 saturated heterocycles. The number of hydrogen-bond acceptors (Lipinski definition) is 2. The van der Waals surface area contributed by atoms with E-state index in [1.165, 1.54) is 4.90 Å². The Kier molecular flexibility index (Phi) is 5.25. The van der Waals surface area contributed by atoms with Gasteiger partial charge in [0.15, 0.2) is 0 Å². The van der Waals surface area contributed by atoms with Crippen LogP contribution in [0.4, 0.5) is 0 Å². The summed E-state index contributed by atoms with van der Waals surface area (Å²) in [4.78, 5) is 27.4. The van der Waals surface area contributed by atoms with Crippen LogP contribution in [-0.4, -0.2) is 23.3 Å². The zero-order chi connectivity index (χ0) is 18.1. The van der Waals surface area contributed by atoms with Crippen molar-refractivity contribution >= 4 is 54.8 Å². The molecule has 0 atom stereocenters. The number of benzene rings is 2. The predicted octanol–water partition coefficient (Wildman–Crippen LogP) is 5.15. The summed E-state index contributed by atoms with van der Waals surface area (Å²) in [6.45, 7) is 4.41. The molecule has 3 nitrogen and oxygen atoms in total. The van der Waals surface area contributed by atoms with Crippen LogP contribution in [0.1, 0.15) is 25.0 Å². The van der Waals surface area contributed by atoms with E-state index in [0.29, 0.717) is 17.7 Å². The van der Waals surface area contributed by atoms with Gasteiger partial charge >= 0.3 is 0 Å². The van der Waals surface area contributed by atoms with Crippen molar-refractivity contribution in [2.45, 2.75) is 13.8 Å². The largest absolute Gasteiger partial charge is 0.274 e. The maximum atomic E-state index is 13.0. The molecule has 1 aliphatic heterocycles. The molecule has 128 valence electrons. The van der Waals surface area contributed by atoms with Gasteiger partial charge in [-0.1, -0.05) is 70.0 Å². The lowest BCUT2D eigenvalue weighted by atomic mass is 9.96. The van der Waals surface area contributed by atoms with Gasteiger partial charge in [0, 0.05) is 15.5 Å². The second-order valence-corrected chi connectivity index (χ2v) is 8.21. The van der Waals surface area contributed by atoms with Gasteiger partial charge in [0.25, 0.3) is 11.8 Å². The highest BCUT2D eigenvalue weighted by atomic mass is 79.9. The predicted molar refractivity (Wildman–Crippen MR) is 107 cm³/mol. The van der Waals surface area contributed by atoms with Crippen molar-refractivity contribution in [1.82, 2.24) is 4.90 Å². The summed E-state index contributed by atoms with van der Waals surface area (Å²) in [6.07, 6.45) is 0. The average molecular weight is 463 g/mol. The number of halogens is 2. The molecule has 0 saturated carbocycles. The van der Waals surface area contributed by atoms with Gasteiger partial charge in [-0.25, -0.2) is 0 Å². The molecule has 2 aromatic rings. The Morgan fingerprint density at radius 2 is 1.12 bits per heavy atom. The fourth-order valence-corrected chi connectivity index (χ4v) is 3.40. The quantitative estimate of drug-likeness (QED) is 0.589. The van der Waals surface area contributed by atoms with E-state index < -0.39 is 0 Å². The van der Waals surface area contributed by atoms with Crippen molar-refractivity contribution in [3.05, 3.63) is 68.6 Å². The molecule has 0 spiro atoms. The number of carbonyl (C=O) groups excluding carboxylic acids is 2. The third-order valence-electron chi connectivity index (χ3n) is 3.98. The number of nitrogens with zero attached hydrogens (tertiary/aromatic N) is 1. The number of imide groups is 1. The van der Waals surface area contributed by atoms with Crippen LogP contribution in [0.2, 0.25) is 0 Å². The molecule has 3 rings (SSSR count). The van der Waals surface area contributed by atoms with E-state index in [9.17, 15) is 9.59 Å². The highest BCUT2D eigenvalue weighted by Crippen LogP contribution is 2.36.